The molecule has 0 bridgehead atoms. The van der Waals surface area contributed by atoms with Crippen molar-refractivity contribution >= 4 is 11.8 Å². The molecule has 4 heteroatoms. The van der Waals surface area contributed by atoms with Crippen LogP contribution in [-0.2, 0) is 0 Å². The Hall–Kier alpha value is -1.32. The van der Waals surface area contributed by atoms with Crippen molar-refractivity contribution in [3.63, 3.8) is 0 Å². The average molecular weight is 274 g/mol. The van der Waals surface area contributed by atoms with E-state index in [1.165, 1.54) is 38.6 Å². The van der Waals surface area contributed by atoms with Gasteiger partial charge in [-0.25, -0.2) is 4.98 Å². The molecule has 3 rings (SSSR count). The van der Waals surface area contributed by atoms with Crippen LogP contribution in [0.4, 0.5) is 11.8 Å². The largest absolute Gasteiger partial charge is 0.356 e. The predicted octanol–water partition coefficient (Wildman–Crippen LogP) is 3.23. The molecule has 2 atom stereocenters. The lowest BCUT2D eigenvalue weighted by Gasteiger charge is -2.41. The highest BCUT2D eigenvalue weighted by molar-refractivity contribution is 5.45. The van der Waals surface area contributed by atoms with E-state index in [0.29, 0.717) is 0 Å². The van der Waals surface area contributed by atoms with Gasteiger partial charge in [0.05, 0.1) is 0 Å². The van der Waals surface area contributed by atoms with Crippen LogP contribution in [-0.4, -0.2) is 29.6 Å². The van der Waals surface area contributed by atoms with Crippen LogP contribution in [0.3, 0.4) is 0 Å². The van der Waals surface area contributed by atoms with Gasteiger partial charge in [0, 0.05) is 31.4 Å². The standard InChI is InChI=1S/C16H26N4/c1-3-17-16-18-12(2)10-15(19-16)20-9-8-13-6-4-5-7-14(13)11-20/h10,13-14H,3-9,11H2,1-2H3,(H,17,18,19). The van der Waals surface area contributed by atoms with Gasteiger partial charge in [0.25, 0.3) is 0 Å². The zero-order valence-corrected chi connectivity index (χ0v) is 12.7. The molecule has 1 N–H and O–H groups in total. The van der Waals surface area contributed by atoms with Crippen molar-refractivity contribution in [3.8, 4) is 0 Å². The lowest BCUT2D eigenvalue weighted by Crippen LogP contribution is -2.42. The van der Waals surface area contributed by atoms with Crippen LogP contribution in [0, 0.1) is 18.8 Å². The van der Waals surface area contributed by atoms with Crippen LogP contribution >= 0.6 is 0 Å². The molecule has 0 aromatic carbocycles. The summed E-state index contributed by atoms with van der Waals surface area (Å²) in [7, 11) is 0. The second kappa shape index (κ2) is 5.98. The first-order chi connectivity index (χ1) is 9.76. The third kappa shape index (κ3) is 2.89. The molecule has 1 aliphatic heterocycles. The summed E-state index contributed by atoms with van der Waals surface area (Å²) < 4.78 is 0. The molecular weight excluding hydrogens is 248 g/mol. The predicted molar refractivity (Wildman–Crippen MR) is 83.2 cm³/mol. The van der Waals surface area contributed by atoms with Crippen LogP contribution in [0.1, 0.15) is 44.7 Å². The monoisotopic (exact) mass is 274 g/mol. The van der Waals surface area contributed by atoms with Crippen molar-refractivity contribution in [1.82, 2.24) is 9.97 Å². The fraction of sp³-hybridized carbons (Fsp3) is 0.750. The average Bonchev–Trinajstić information content (AvgIpc) is 2.46. The summed E-state index contributed by atoms with van der Waals surface area (Å²) in [4.78, 5) is 11.6. The molecule has 1 aromatic rings. The first-order valence-corrected chi connectivity index (χ1v) is 8.10. The van der Waals surface area contributed by atoms with Gasteiger partial charge in [0.15, 0.2) is 0 Å². The molecule has 2 fully saturated rings. The summed E-state index contributed by atoms with van der Waals surface area (Å²) in [5.41, 5.74) is 1.05. The number of hydrogen-bond donors (Lipinski definition) is 1. The van der Waals surface area contributed by atoms with E-state index in [9.17, 15) is 0 Å². The van der Waals surface area contributed by atoms with Crippen LogP contribution in [0.15, 0.2) is 6.07 Å². The van der Waals surface area contributed by atoms with Crippen molar-refractivity contribution in [2.24, 2.45) is 11.8 Å². The quantitative estimate of drug-likeness (QED) is 0.918. The molecule has 20 heavy (non-hydrogen) atoms. The van der Waals surface area contributed by atoms with Gasteiger partial charge < -0.3 is 10.2 Å². The number of nitrogens with zero attached hydrogens (tertiary/aromatic N) is 3. The fourth-order valence-electron chi connectivity index (χ4n) is 3.76. The van der Waals surface area contributed by atoms with Crippen LogP contribution in [0.5, 0.6) is 0 Å². The molecule has 1 saturated carbocycles. The number of aryl methyl sites for hydroxylation is 1. The SMILES string of the molecule is CCNc1nc(C)cc(N2CCC3CCCCC3C2)n1. The number of anilines is 2. The molecule has 0 amide bonds. The second-order valence-electron chi connectivity index (χ2n) is 6.26. The van der Waals surface area contributed by atoms with Crippen molar-refractivity contribution in [2.45, 2.75) is 46.0 Å². The van der Waals surface area contributed by atoms with Gasteiger partial charge in [-0.1, -0.05) is 19.3 Å². The Kier molecular flexibility index (Phi) is 4.08. The van der Waals surface area contributed by atoms with E-state index in [0.717, 1.165) is 42.4 Å². The van der Waals surface area contributed by atoms with E-state index in [4.69, 9.17) is 0 Å². The number of aromatic nitrogens is 2. The van der Waals surface area contributed by atoms with E-state index in [2.05, 4.69) is 40.1 Å². The summed E-state index contributed by atoms with van der Waals surface area (Å²) in [6.45, 7) is 7.35. The number of nitrogens with one attached hydrogen (secondary N) is 1. The summed E-state index contributed by atoms with van der Waals surface area (Å²) in [6.07, 6.45) is 7.05. The van der Waals surface area contributed by atoms with Crippen LogP contribution in [0.25, 0.3) is 0 Å². The van der Waals surface area contributed by atoms with Crippen molar-refractivity contribution < 1.29 is 0 Å². The van der Waals surface area contributed by atoms with Crippen molar-refractivity contribution in [1.29, 1.82) is 0 Å². The first-order valence-electron chi connectivity index (χ1n) is 8.10. The lowest BCUT2D eigenvalue weighted by atomic mass is 9.75. The molecular formula is C16H26N4. The highest BCUT2D eigenvalue weighted by atomic mass is 15.2. The minimum atomic E-state index is 0.772. The zero-order chi connectivity index (χ0) is 13.9. The fourth-order valence-corrected chi connectivity index (χ4v) is 3.76. The molecule has 1 aromatic heterocycles. The Balaban J connectivity index is 1.75. The Morgan fingerprint density at radius 3 is 2.80 bits per heavy atom. The van der Waals surface area contributed by atoms with E-state index in [1.54, 1.807) is 0 Å². The minimum absolute atomic E-state index is 0.772. The maximum atomic E-state index is 4.69. The maximum Gasteiger partial charge on any atom is 0.224 e. The molecule has 2 aliphatic rings. The number of piperidine rings is 1. The Bertz CT molecular complexity index is 460. The summed E-state index contributed by atoms with van der Waals surface area (Å²) >= 11 is 0. The Morgan fingerprint density at radius 2 is 2.00 bits per heavy atom. The topological polar surface area (TPSA) is 41.1 Å². The van der Waals surface area contributed by atoms with E-state index in [-0.39, 0.29) is 0 Å². The van der Waals surface area contributed by atoms with Crippen LogP contribution < -0.4 is 10.2 Å². The third-order valence-corrected chi connectivity index (χ3v) is 4.79. The number of fused-ring (bicyclic) bond motifs is 1. The van der Waals surface area contributed by atoms with E-state index in [1.807, 2.05) is 0 Å². The molecule has 1 aliphatic carbocycles. The van der Waals surface area contributed by atoms with E-state index >= 15 is 0 Å². The minimum Gasteiger partial charge on any atom is -0.356 e. The van der Waals surface area contributed by atoms with Crippen LogP contribution in [0.2, 0.25) is 0 Å². The molecule has 0 spiro atoms. The highest BCUT2D eigenvalue weighted by Gasteiger charge is 2.31. The Labute approximate surface area is 122 Å². The molecule has 2 unspecified atom stereocenters. The summed E-state index contributed by atoms with van der Waals surface area (Å²) in [5, 5.41) is 3.24. The summed E-state index contributed by atoms with van der Waals surface area (Å²) in [6, 6.07) is 2.13. The highest BCUT2D eigenvalue weighted by Crippen LogP contribution is 2.37. The number of hydrogen-bond acceptors (Lipinski definition) is 4. The smallest absolute Gasteiger partial charge is 0.224 e. The Morgan fingerprint density at radius 1 is 1.20 bits per heavy atom. The van der Waals surface area contributed by atoms with Gasteiger partial charge in [0.2, 0.25) is 5.95 Å². The van der Waals surface area contributed by atoms with Gasteiger partial charge >= 0.3 is 0 Å². The third-order valence-electron chi connectivity index (χ3n) is 4.79. The molecule has 1 saturated heterocycles. The number of rotatable bonds is 3. The molecule has 110 valence electrons. The van der Waals surface area contributed by atoms with Gasteiger partial charge in [-0.15, -0.1) is 0 Å². The van der Waals surface area contributed by atoms with Crippen molar-refractivity contribution in [3.05, 3.63) is 11.8 Å². The molecule has 0 radical (unpaired) electrons. The zero-order valence-electron chi connectivity index (χ0n) is 12.7. The normalized spacial score (nSPS) is 26.2. The van der Waals surface area contributed by atoms with Gasteiger partial charge in [-0.05, 0) is 38.5 Å². The van der Waals surface area contributed by atoms with Crippen molar-refractivity contribution in [2.75, 3.05) is 29.9 Å². The summed E-state index contributed by atoms with van der Waals surface area (Å²) in [5.74, 6) is 3.73. The lowest BCUT2D eigenvalue weighted by molar-refractivity contribution is 0.202. The maximum absolute atomic E-state index is 4.69. The molecule has 4 nitrogen and oxygen atoms in total. The molecule has 2 heterocycles. The second-order valence-corrected chi connectivity index (χ2v) is 6.26. The first kappa shape index (κ1) is 13.7. The van der Waals surface area contributed by atoms with E-state index < -0.39 is 0 Å². The van der Waals surface area contributed by atoms with Gasteiger partial charge in [-0.3, -0.25) is 0 Å². The van der Waals surface area contributed by atoms with Gasteiger partial charge in [0.1, 0.15) is 5.82 Å². The van der Waals surface area contributed by atoms with Gasteiger partial charge in [-0.2, -0.15) is 4.98 Å².